The average molecular weight is 328 g/mol. The van der Waals surface area contributed by atoms with Gasteiger partial charge < -0.3 is 13.7 Å². The van der Waals surface area contributed by atoms with Crippen LogP contribution in [0.2, 0.25) is 0 Å². The van der Waals surface area contributed by atoms with Crippen molar-refractivity contribution in [2.75, 3.05) is 13.2 Å². The Balaban J connectivity index is 1.75. The second-order valence-electron chi connectivity index (χ2n) is 5.70. The quantitative estimate of drug-likeness (QED) is 0.575. The maximum absolute atomic E-state index is 12.3. The van der Waals surface area contributed by atoms with Gasteiger partial charge >= 0.3 is 15.6 Å². The number of hydrogen-bond donors (Lipinski definition) is 0. The fourth-order valence-corrected chi connectivity index (χ4v) is 3.90. The summed E-state index contributed by atoms with van der Waals surface area (Å²) in [5.41, 5.74) is -5.40. The lowest BCUT2D eigenvalue weighted by Gasteiger charge is -2.42. The first-order valence-electron chi connectivity index (χ1n) is 6.68. The van der Waals surface area contributed by atoms with Crippen LogP contribution >= 0.6 is 0 Å². The summed E-state index contributed by atoms with van der Waals surface area (Å²) in [7, 11) is -5.59. The van der Waals surface area contributed by atoms with E-state index >= 15 is 0 Å². The molecule has 1 aliphatic heterocycles. The van der Waals surface area contributed by atoms with E-state index < -0.39 is 21.4 Å². The summed E-state index contributed by atoms with van der Waals surface area (Å²) in [5, 5.41) is 0. The van der Waals surface area contributed by atoms with E-state index in [2.05, 4.69) is 4.18 Å². The summed E-state index contributed by atoms with van der Waals surface area (Å²) in [6, 6.07) is 0. The van der Waals surface area contributed by atoms with Crippen LogP contribution in [-0.4, -0.2) is 32.9 Å². The SMILES string of the molecule is O=S(=O)(OC1=CC2CC(C1)CC1(C2)OCCO1)C(F)(F)F. The van der Waals surface area contributed by atoms with Crippen LogP contribution < -0.4 is 0 Å². The first-order valence-corrected chi connectivity index (χ1v) is 8.09. The van der Waals surface area contributed by atoms with Crippen molar-refractivity contribution in [3.63, 3.8) is 0 Å². The minimum Gasteiger partial charge on any atom is -0.381 e. The van der Waals surface area contributed by atoms with Gasteiger partial charge in [0.2, 0.25) is 0 Å². The van der Waals surface area contributed by atoms with Crippen molar-refractivity contribution < 1.29 is 35.2 Å². The normalized spacial score (nSPS) is 32.0. The van der Waals surface area contributed by atoms with Crippen LogP contribution in [0.3, 0.4) is 0 Å². The molecule has 0 radical (unpaired) electrons. The zero-order chi connectivity index (χ0) is 15.3. The van der Waals surface area contributed by atoms with Crippen LogP contribution in [0.1, 0.15) is 25.7 Å². The number of allylic oxidation sites excluding steroid dienone is 2. The first-order chi connectivity index (χ1) is 9.69. The lowest BCUT2D eigenvalue weighted by molar-refractivity contribution is -0.196. The van der Waals surface area contributed by atoms with E-state index in [9.17, 15) is 21.6 Å². The molecule has 2 fully saturated rings. The van der Waals surface area contributed by atoms with Crippen molar-refractivity contribution >= 4 is 10.1 Å². The van der Waals surface area contributed by atoms with Crippen LogP contribution in [0.5, 0.6) is 0 Å². The van der Waals surface area contributed by atoms with Gasteiger partial charge in [-0.3, -0.25) is 0 Å². The molecule has 9 heteroatoms. The molecular weight excluding hydrogens is 313 g/mol. The van der Waals surface area contributed by atoms with E-state index in [1.165, 1.54) is 6.08 Å². The highest BCUT2D eigenvalue weighted by Gasteiger charge is 2.51. The first kappa shape index (κ1) is 15.1. The largest absolute Gasteiger partial charge is 0.534 e. The number of alkyl halides is 3. The summed E-state index contributed by atoms with van der Waals surface area (Å²) in [5.74, 6) is -0.862. The Morgan fingerprint density at radius 2 is 1.90 bits per heavy atom. The third-order valence-electron chi connectivity index (χ3n) is 4.03. The fourth-order valence-electron chi connectivity index (χ4n) is 3.40. The molecule has 21 heavy (non-hydrogen) atoms. The van der Waals surface area contributed by atoms with Crippen LogP contribution in [-0.2, 0) is 23.8 Å². The fraction of sp³-hybridized carbons (Fsp3) is 0.833. The van der Waals surface area contributed by atoms with Crippen LogP contribution in [0.25, 0.3) is 0 Å². The van der Waals surface area contributed by atoms with Crippen LogP contribution in [0.15, 0.2) is 11.8 Å². The third-order valence-corrected chi connectivity index (χ3v) is 5.03. The Morgan fingerprint density at radius 3 is 2.48 bits per heavy atom. The third kappa shape index (κ3) is 2.91. The van der Waals surface area contributed by atoms with Gasteiger partial charge in [-0.15, -0.1) is 0 Å². The molecule has 1 spiro atoms. The maximum atomic E-state index is 12.3. The minimum atomic E-state index is -5.59. The molecule has 1 saturated heterocycles. The van der Waals surface area contributed by atoms with E-state index in [0.717, 1.165) is 6.42 Å². The van der Waals surface area contributed by atoms with Gasteiger partial charge in [0.25, 0.3) is 0 Å². The Labute approximate surface area is 120 Å². The molecule has 1 heterocycles. The van der Waals surface area contributed by atoms with Gasteiger partial charge in [-0.05, 0) is 24.3 Å². The molecule has 0 aromatic carbocycles. The molecule has 2 aliphatic carbocycles. The highest BCUT2D eigenvalue weighted by atomic mass is 32.2. The number of fused-ring (bicyclic) bond motifs is 2. The van der Waals surface area contributed by atoms with Gasteiger partial charge in [0.1, 0.15) is 5.76 Å². The Bertz CT molecular complexity index is 548. The standard InChI is InChI=1S/C12H15F3O5S/c13-12(14,15)21(16,17)20-10-4-8-3-9(5-10)7-11(6-8)18-1-2-19-11/h4,8-9H,1-3,5-7H2. The van der Waals surface area contributed by atoms with Crippen molar-refractivity contribution in [3.8, 4) is 0 Å². The second kappa shape index (κ2) is 4.85. The molecular formula is C12H15F3O5S. The van der Waals surface area contributed by atoms with Gasteiger partial charge in [0.15, 0.2) is 5.79 Å². The second-order valence-corrected chi connectivity index (χ2v) is 7.24. The minimum absolute atomic E-state index is 0.00489. The van der Waals surface area contributed by atoms with E-state index in [0.29, 0.717) is 26.1 Å². The summed E-state index contributed by atoms with van der Waals surface area (Å²) in [6.45, 7) is 1.02. The zero-order valence-electron chi connectivity index (χ0n) is 11.1. The molecule has 3 aliphatic rings. The van der Waals surface area contributed by atoms with Gasteiger partial charge in [-0.2, -0.15) is 21.6 Å². The zero-order valence-corrected chi connectivity index (χ0v) is 11.9. The molecule has 2 atom stereocenters. The van der Waals surface area contributed by atoms with E-state index in [-0.39, 0.29) is 24.0 Å². The van der Waals surface area contributed by atoms with Gasteiger partial charge in [-0.25, -0.2) is 0 Å². The Morgan fingerprint density at radius 1 is 1.24 bits per heavy atom. The summed E-state index contributed by atoms with van der Waals surface area (Å²) < 4.78 is 74.6. The number of hydrogen-bond acceptors (Lipinski definition) is 5. The number of ether oxygens (including phenoxy) is 2. The lowest BCUT2D eigenvalue weighted by atomic mass is 9.72. The molecule has 120 valence electrons. The van der Waals surface area contributed by atoms with Crippen molar-refractivity contribution in [1.82, 2.24) is 0 Å². The van der Waals surface area contributed by atoms with Crippen molar-refractivity contribution in [2.24, 2.45) is 11.8 Å². The highest BCUT2D eigenvalue weighted by molar-refractivity contribution is 7.87. The maximum Gasteiger partial charge on any atom is 0.534 e. The van der Waals surface area contributed by atoms with E-state index in [1.807, 2.05) is 0 Å². The molecule has 0 aromatic rings. The molecule has 0 amide bonds. The summed E-state index contributed by atoms with van der Waals surface area (Å²) in [4.78, 5) is 0. The molecule has 0 N–H and O–H groups in total. The lowest BCUT2D eigenvalue weighted by Crippen LogP contribution is -2.41. The van der Waals surface area contributed by atoms with Gasteiger partial charge in [0.05, 0.1) is 13.2 Å². The van der Waals surface area contributed by atoms with Crippen LogP contribution in [0.4, 0.5) is 13.2 Å². The predicted octanol–water partition coefficient (Wildman–Crippen LogP) is 2.30. The van der Waals surface area contributed by atoms with E-state index in [1.54, 1.807) is 0 Å². The van der Waals surface area contributed by atoms with Gasteiger partial charge in [0, 0.05) is 19.3 Å². The average Bonchev–Trinajstić information content (AvgIpc) is 2.73. The van der Waals surface area contributed by atoms with Gasteiger partial charge in [-0.1, -0.05) is 0 Å². The molecule has 1 saturated carbocycles. The summed E-state index contributed by atoms with van der Waals surface area (Å²) >= 11 is 0. The summed E-state index contributed by atoms with van der Waals surface area (Å²) in [6.07, 6.45) is 3.47. The number of rotatable bonds is 2. The monoisotopic (exact) mass is 328 g/mol. The van der Waals surface area contributed by atoms with Crippen molar-refractivity contribution in [1.29, 1.82) is 0 Å². The predicted molar refractivity (Wildman–Crippen MR) is 64.2 cm³/mol. The highest BCUT2D eigenvalue weighted by Crippen LogP contribution is 2.47. The van der Waals surface area contributed by atoms with Crippen LogP contribution in [0, 0.1) is 11.8 Å². The topological polar surface area (TPSA) is 61.8 Å². The molecule has 0 aromatic heterocycles. The molecule has 5 nitrogen and oxygen atoms in total. The number of halogens is 3. The molecule has 2 unspecified atom stereocenters. The van der Waals surface area contributed by atoms with Crippen molar-refractivity contribution in [3.05, 3.63) is 11.8 Å². The van der Waals surface area contributed by atoms with Crippen molar-refractivity contribution in [2.45, 2.75) is 37.0 Å². The Hall–Kier alpha value is -0.800. The molecule has 2 bridgehead atoms. The Kier molecular flexibility index (Phi) is 3.49. The smallest absolute Gasteiger partial charge is 0.381 e. The van der Waals surface area contributed by atoms with E-state index in [4.69, 9.17) is 9.47 Å². The molecule has 3 rings (SSSR count).